The molecule has 0 atom stereocenters. The van der Waals surface area contributed by atoms with E-state index in [1.165, 1.54) is 6.20 Å². The van der Waals surface area contributed by atoms with Crippen molar-refractivity contribution in [3.8, 4) is 0 Å². The van der Waals surface area contributed by atoms with Crippen LogP contribution >= 0.6 is 0 Å². The lowest BCUT2D eigenvalue weighted by Crippen LogP contribution is -2.24. The molecule has 1 heterocycles. The second-order valence-electron chi connectivity index (χ2n) is 4.24. The number of benzene rings is 1. The van der Waals surface area contributed by atoms with Gasteiger partial charge in [0, 0.05) is 0 Å². The van der Waals surface area contributed by atoms with Crippen molar-refractivity contribution >= 4 is 5.91 Å². The van der Waals surface area contributed by atoms with Crippen LogP contribution in [0.25, 0.3) is 0 Å². The topological polar surface area (TPSA) is 55.1 Å². The molecule has 1 aromatic carbocycles. The summed E-state index contributed by atoms with van der Waals surface area (Å²) in [5.41, 5.74) is -1.78. The summed E-state index contributed by atoms with van der Waals surface area (Å²) in [5, 5.41) is 2.25. The number of amides is 1. The van der Waals surface area contributed by atoms with Crippen LogP contribution in [0.4, 0.5) is 17.6 Å². The molecule has 2 rings (SSSR count). The molecule has 1 N–H and O–H groups in total. The Bertz CT molecular complexity index is 664. The van der Waals surface area contributed by atoms with Crippen LogP contribution in [0, 0.1) is 12.7 Å². The van der Waals surface area contributed by atoms with E-state index in [1.807, 2.05) is 0 Å². The fourth-order valence-corrected chi connectivity index (χ4v) is 1.61. The van der Waals surface area contributed by atoms with Gasteiger partial charge in [-0.15, -0.1) is 0 Å². The first-order chi connectivity index (χ1) is 9.77. The number of aromatic nitrogens is 1. The summed E-state index contributed by atoms with van der Waals surface area (Å²) in [6, 6.07) is 1.64. The van der Waals surface area contributed by atoms with Crippen molar-refractivity contribution in [1.29, 1.82) is 0 Å². The quantitative estimate of drug-likeness (QED) is 0.887. The first-order valence-corrected chi connectivity index (χ1v) is 5.83. The zero-order chi connectivity index (χ0) is 15.6. The second kappa shape index (κ2) is 5.55. The number of nitrogens with zero attached hydrogens (tertiary/aromatic N) is 1. The Balaban J connectivity index is 2.15. The number of carbonyl (C=O) groups excluding carboxylic acids is 1. The van der Waals surface area contributed by atoms with Gasteiger partial charge in [0.1, 0.15) is 11.6 Å². The maximum atomic E-state index is 13.5. The highest BCUT2D eigenvalue weighted by Crippen LogP contribution is 2.30. The van der Waals surface area contributed by atoms with Crippen molar-refractivity contribution in [3.63, 3.8) is 0 Å². The summed E-state index contributed by atoms with van der Waals surface area (Å²) < 4.78 is 56.2. The van der Waals surface area contributed by atoms with Crippen molar-refractivity contribution in [3.05, 3.63) is 53.0 Å². The molecule has 0 aliphatic carbocycles. The number of hydrogen-bond donors (Lipinski definition) is 1. The molecule has 0 saturated carbocycles. The first kappa shape index (κ1) is 15.0. The standard InChI is InChI=1S/C13H10F4N2O2/c1-7-5-18-11(21-7)6-19-12(20)9-4-8(13(15,16)17)2-3-10(9)14/h2-5H,6H2,1H3,(H,19,20). The lowest BCUT2D eigenvalue weighted by Gasteiger charge is -2.09. The molecule has 112 valence electrons. The summed E-state index contributed by atoms with van der Waals surface area (Å²) in [5.74, 6) is -1.32. The minimum atomic E-state index is -4.65. The molecule has 21 heavy (non-hydrogen) atoms. The van der Waals surface area contributed by atoms with Gasteiger partial charge in [0.05, 0.1) is 23.9 Å². The van der Waals surface area contributed by atoms with Crippen LogP contribution in [-0.4, -0.2) is 10.9 Å². The van der Waals surface area contributed by atoms with Crippen LogP contribution in [0.1, 0.15) is 27.6 Å². The maximum Gasteiger partial charge on any atom is 0.416 e. The third-order valence-electron chi connectivity index (χ3n) is 2.61. The van der Waals surface area contributed by atoms with Gasteiger partial charge in [-0.1, -0.05) is 0 Å². The average Bonchev–Trinajstić information content (AvgIpc) is 2.81. The highest BCUT2D eigenvalue weighted by molar-refractivity contribution is 5.94. The predicted octanol–water partition coefficient (Wildman–Crippen LogP) is 3.07. The lowest BCUT2D eigenvalue weighted by atomic mass is 10.1. The van der Waals surface area contributed by atoms with E-state index in [-0.39, 0.29) is 12.4 Å². The van der Waals surface area contributed by atoms with Gasteiger partial charge in [-0.3, -0.25) is 4.79 Å². The highest BCUT2D eigenvalue weighted by Gasteiger charge is 2.31. The van der Waals surface area contributed by atoms with Crippen LogP contribution in [0.5, 0.6) is 0 Å². The normalized spacial score (nSPS) is 11.5. The van der Waals surface area contributed by atoms with Crippen LogP contribution in [0.3, 0.4) is 0 Å². The lowest BCUT2D eigenvalue weighted by molar-refractivity contribution is -0.137. The SMILES string of the molecule is Cc1cnc(CNC(=O)c2cc(C(F)(F)F)ccc2F)o1. The Morgan fingerprint density at radius 1 is 1.38 bits per heavy atom. The number of carbonyl (C=O) groups is 1. The van der Waals surface area contributed by atoms with Crippen LogP contribution in [0.2, 0.25) is 0 Å². The van der Waals surface area contributed by atoms with Gasteiger partial charge >= 0.3 is 6.18 Å². The molecule has 1 amide bonds. The first-order valence-electron chi connectivity index (χ1n) is 5.83. The number of nitrogens with one attached hydrogen (secondary N) is 1. The van der Waals surface area contributed by atoms with Gasteiger partial charge in [-0.25, -0.2) is 9.37 Å². The molecule has 0 aliphatic rings. The Kier molecular flexibility index (Phi) is 3.97. The van der Waals surface area contributed by atoms with Crippen molar-refractivity contribution < 1.29 is 26.8 Å². The van der Waals surface area contributed by atoms with Crippen molar-refractivity contribution in [2.75, 3.05) is 0 Å². The Morgan fingerprint density at radius 2 is 2.10 bits per heavy atom. The van der Waals surface area contributed by atoms with E-state index in [4.69, 9.17) is 4.42 Å². The molecule has 0 unspecified atom stereocenters. The number of alkyl halides is 3. The van der Waals surface area contributed by atoms with E-state index in [9.17, 15) is 22.4 Å². The number of rotatable bonds is 3. The molecule has 1 aromatic heterocycles. The average molecular weight is 302 g/mol. The Labute approximate surface area is 116 Å². The third-order valence-corrected chi connectivity index (χ3v) is 2.61. The smallest absolute Gasteiger partial charge is 0.416 e. The predicted molar refractivity (Wildman–Crippen MR) is 63.8 cm³/mol. The molecule has 0 fully saturated rings. The molecule has 0 aliphatic heterocycles. The van der Waals surface area contributed by atoms with E-state index in [2.05, 4.69) is 10.3 Å². The molecule has 0 spiro atoms. The van der Waals surface area contributed by atoms with E-state index in [0.29, 0.717) is 24.0 Å². The molecule has 0 saturated heterocycles. The Hall–Kier alpha value is -2.38. The fourth-order valence-electron chi connectivity index (χ4n) is 1.61. The zero-order valence-electron chi connectivity index (χ0n) is 10.8. The monoisotopic (exact) mass is 302 g/mol. The van der Waals surface area contributed by atoms with Gasteiger partial charge in [0.15, 0.2) is 0 Å². The molecular formula is C13H10F4N2O2. The third kappa shape index (κ3) is 3.59. The summed E-state index contributed by atoms with van der Waals surface area (Å²) in [7, 11) is 0. The molecule has 4 nitrogen and oxygen atoms in total. The van der Waals surface area contributed by atoms with E-state index in [0.717, 1.165) is 0 Å². The van der Waals surface area contributed by atoms with Gasteiger partial charge in [-0.2, -0.15) is 13.2 Å². The highest BCUT2D eigenvalue weighted by atomic mass is 19.4. The van der Waals surface area contributed by atoms with E-state index >= 15 is 0 Å². The minimum absolute atomic E-state index is 0.150. The van der Waals surface area contributed by atoms with Gasteiger partial charge in [0.25, 0.3) is 5.91 Å². The fraction of sp³-hybridized carbons (Fsp3) is 0.231. The van der Waals surface area contributed by atoms with Gasteiger partial charge in [0.2, 0.25) is 5.89 Å². The zero-order valence-corrected chi connectivity index (χ0v) is 10.8. The minimum Gasteiger partial charge on any atom is -0.444 e. The van der Waals surface area contributed by atoms with Crippen LogP contribution in [-0.2, 0) is 12.7 Å². The Morgan fingerprint density at radius 3 is 2.67 bits per heavy atom. The number of hydrogen-bond acceptors (Lipinski definition) is 3. The van der Waals surface area contributed by atoms with Gasteiger partial charge < -0.3 is 9.73 Å². The number of aryl methyl sites for hydroxylation is 1. The summed E-state index contributed by atoms with van der Waals surface area (Å²) in [6.45, 7) is 1.49. The number of halogens is 4. The molecule has 0 radical (unpaired) electrons. The summed E-state index contributed by atoms with van der Waals surface area (Å²) in [4.78, 5) is 15.5. The van der Waals surface area contributed by atoms with E-state index < -0.39 is 29.0 Å². The molecule has 0 bridgehead atoms. The molecule has 8 heteroatoms. The maximum absolute atomic E-state index is 13.5. The van der Waals surface area contributed by atoms with Gasteiger partial charge in [-0.05, 0) is 25.1 Å². The summed E-state index contributed by atoms with van der Waals surface area (Å²) >= 11 is 0. The van der Waals surface area contributed by atoms with Crippen molar-refractivity contribution in [1.82, 2.24) is 10.3 Å². The molecule has 2 aromatic rings. The second-order valence-corrected chi connectivity index (χ2v) is 4.24. The van der Waals surface area contributed by atoms with Crippen molar-refractivity contribution in [2.45, 2.75) is 19.6 Å². The van der Waals surface area contributed by atoms with Crippen molar-refractivity contribution in [2.24, 2.45) is 0 Å². The van der Waals surface area contributed by atoms with Crippen LogP contribution < -0.4 is 5.32 Å². The van der Waals surface area contributed by atoms with E-state index in [1.54, 1.807) is 6.92 Å². The largest absolute Gasteiger partial charge is 0.444 e. The number of oxazole rings is 1. The molecular weight excluding hydrogens is 292 g/mol. The van der Waals surface area contributed by atoms with Crippen LogP contribution in [0.15, 0.2) is 28.8 Å². The summed E-state index contributed by atoms with van der Waals surface area (Å²) in [6.07, 6.45) is -3.23.